The van der Waals surface area contributed by atoms with Gasteiger partial charge in [-0.2, -0.15) is 0 Å². The minimum absolute atomic E-state index is 0.0962. The maximum absolute atomic E-state index is 11.6. The standard InChI is InChI=1S/C15H22N2O/c1-12(2)11-15(18)16-13-5-7-14(8-6-13)17-9-3-4-10-17/h5-8,12H,3-4,9-11H2,1-2H3,(H,16,18). The van der Waals surface area contributed by atoms with E-state index in [0.717, 1.165) is 18.8 Å². The van der Waals surface area contributed by atoms with E-state index in [1.807, 2.05) is 12.1 Å². The highest BCUT2D eigenvalue weighted by Gasteiger charge is 2.12. The molecule has 0 radical (unpaired) electrons. The van der Waals surface area contributed by atoms with Crippen LogP contribution >= 0.6 is 0 Å². The maximum Gasteiger partial charge on any atom is 0.224 e. The molecule has 0 spiro atoms. The van der Waals surface area contributed by atoms with Gasteiger partial charge < -0.3 is 10.2 Å². The molecule has 98 valence electrons. The van der Waals surface area contributed by atoms with E-state index in [-0.39, 0.29) is 5.91 Å². The number of nitrogens with zero attached hydrogens (tertiary/aromatic N) is 1. The van der Waals surface area contributed by atoms with Crippen LogP contribution in [-0.2, 0) is 4.79 Å². The van der Waals surface area contributed by atoms with Crippen LogP contribution in [0.1, 0.15) is 33.1 Å². The number of carbonyl (C=O) groups is 1. The lowest BCUT2D eigenvalue weighted by molar-refractivity contribution is -0.116. The second-order valence-electron chi connectivity index (χ2n) is 5.39. The lowest BCUT2D eigenvalue weighted by Gasteiger charge is -2.17. The van der Waals surface area contributed by atoms with E-state index in [2.05, 4.69) is 36.2 Å². The molecular weight excluding hydrogens is 224 g/mol. The number of rotatable bonds is 4. The molecule has 1 aromatic rings. The highest BCUT2D eigenvalue weighted by Crippen LogP contribution is 2.22. The number of anilines is 2. The quantitative estimate of drug-likeness (QED) is 0.884. The van der Waals surface area contributed by atoms with E-state index in [0.29, 0.717) is 12.3 Å². The average molecular weight is 246 g/mol. The Labute approximate surface area is 109 Å². The van der Waals surface area contributed by atoms with Crippen molar-refractivity contribution in [3.05, 3.63) is 24.3 Å². The van der Waals surface area contributed by atoms with E-state index in [1.165, 1.54) is 18.5 Å². The molecular formula is C15H22N2O. The lowest BCUT2D eigenvalue weighted by atomic mass is 10.1. The smallest absolute Gasteiger partial charge is 0.224 e. The van der Waals surface area contributed by atoms with Gasteiger partial charge in [0, 0.05) is 30.9 Å². The first-order valence-electron chi connectivity index (χ1n) is 6.80. The molecule has 0 aliphatic carbocycles. The summed E-state index contributed by atoms with van der Waals surface area (Å²) in [5.41, 5.74) is 2.15. The summed E-state index contributed by atoms with van der Waals surface area (Å²) in [5.74, 6) is 0.493. The van der Waals surface area contributed by atoms with Crippen molar-refractivity contribution in [1.29, 1.82) is 0 Å². The minimum atomic E-state index is 0.0962. The van der Waals surface area contributed by atoms with Crippen LogP contribution in [0, 0.1) is 5.92 Å². The molecule has 0 unspecified atom stereocenters. The predicted molar refractivity (Wildman–Crippen MR) is 76.0 cm³/mol. The molecule has 1 saturated heterocycles. The first kappa shape index (κ1) is 12.9. The number of benzene rings is 1. The van der Waals surface area contributed by atoms with Gasteiger partial charge in [0.2, 0.25) is 5.91 Å². The van der Waals surface area contributed by atoms with Crippen molar-refractivity contribution >= 4 is 17.3 Å². The van der Waals surface area contributed by atoms with Gasteiger partial charge in [0.25, 0.3) is 0 Å². The average Bonchev–Trinajstić information content (AvgIpc) is 2.82. The molecule has 3 nitrogen and oxygen atoms in total. The molecule has 0 atom stereocenters. The van der Waals surface area contributed by atoms with Crippen molar-refractivity contribution in [3.8, 4) is 0 Å². The zero-order valence-electron chi connectivity index (χ0n) is 11.3. The Bertz CT molecular complexity index is 391. The van der Waals surface area contributed by atoms with Crippen molar-refractivity contribution in [3.63, 3.8) is 0 Å². The van der Waals surface area contributed by atoms with Crippen molar-refractivity contribution < 1.29 is 4.79 Å². The molecule has 1 aromatic carbocycles. The highest BCUT2D eigenvalue weighted by molar-refractivity contribution is 5.90. The van der Waals surface area contributed by atoms with Crippen LogP contribution in [0.2, 0.25) is 0 Å². The summed E-state index contributed by atoms with van der Waals surface area (Å²) in [6.07, 6.45) is 3.15. The van der Waals surface area contributed by atoms with Crippen molar-refractivity contribution in [2.75, 3.05) is 23.3 Å². The topological polar surface area (TPSA) is 32.3 Å². The molecule has 0 saturated carbocycles. The number of carbonyl (C=O) groups excluding carboxylic acids is 1. The monoisotopic (exact) mass is 246 g/mol. The molecule has 1 amide bonds. The van der Waals surface area contributed by atoms with Crippen LogP contribution in [0.25, 0.3) is 0 Å². The van der Waals surface area contributed by atoms with E-state index in [1.54, 1.807) is 0 Å². The van der Waals surface area contributed by atoms with Gasteiger partial charge in [0.05, 0.1) is 0 Å². The second-order valence-corrected chi connectivity index (χ2v) is 5.39. The van der Waals surface area contributed by atoms with Gasteiger partial charge in [-0.05, 0) is 43.0 Å². The SMILES string of the molecule is CC(C)CC(=O)Nc1ccc(N2CCCC2)cc1. The third kappa shape index (κ3) is 3.49. The van der Waals surface area contributed by atoms with Gasteiger partial charge >= 0.3 is 0 Å². The predicted octanol–water partition coefficient (Wildman–Crippen LogP) is 3.27. The Kier molecular flexibility index (Phi) is 4.24. The van der Waals surface area contributed by atoms with Gasteiger partial charge in [-0.25, -0.2) is 0 Å². The molecule has 18 heavy (non-hydrogen) atoms. The van der Waals surface area contributed by atoms with Crippen LogP contribution in [0.4, 0.5) is 11.4 Å². The first-order valence-corrected chi connectivity index (χ1v) is 6.80. The maximum atomic E-state index is 11.6. The van der Waals surface area contributed by atoms with Crippen LogP contribution in [0.5, 0.6) is 0 Å². The van der Waals surface area contributed by atoms with Crippen LogP contribution in [-0.4, -0.2) is 19.0 Å². The molecule has 0 aromatic heterocycles. The third-order valence-electron chi connectivity index (χ3n) is 3.22. The zero-order valence-corrected chi connectivity index (χ0v) is 11.3. The summed E-state index contributed by atoms with van der Waals surface area (Å²) >= 11 is 0. The molecule has 1 fully saturated rings. The summed E-state index contributed by atoms with van der Waals surface area (Å²) in [5, 5.41) is 2.93. The van der Waals surface area contributed by atoms with Crippen molar-refractivity contribution in [2.45, 2.75) is 33.1 Å². The Morgan fingerprint density at radius 1 is 1.22 bits per heavy atom. The summed E-state index contributed by atoms with van der Waals surface area (Å²) in [7, 11) is 0. The van der Waals surface area contributed by atoms with Gasteiger partial charge in [0.15, 0.2) is 0 Å². The fourth-order valence-corrected chi connectivity index (χ4v) is 2.31. The largest absolute Gasteiger partial charge is 0.372 e. The zero-order chi connectivity index (χ0) is 13.0. The fourth-order valence-electron chi connectivity index (χ4n) is 2.31. The van der Waals surface area contributed by atoms with E-state index < -0.39 is 0 Å². The van der Waals surface area contributed by atoms with Crippen molar-refractivity contribution in [2.24, 2.45) is 5.92 Å². The normalized spacial score (nSPS) is 15.2. The lowest BCUT2D eigenvalue weighted by Crippen LogP contribution is -2.17. The van der Waals surface area contributed by atoms with Gasteiger partial charge in [-0.1, -0.05) is 13.8 Å². The third-order valence-corrected chi connectivity index (χ3v) is 3.22. The number of hydrogen-bond acceptors (Lipinski definition) is 2. The Hall–Kier alpha value is -1.51. The van der Waals surface area contributed by atoms with Crippen LogP contribution < -0.4 is 10.2 Å². The van der Waals surface area contributed by atoms with Gasteiger partial charge in [-0.3, -0.25) is 4.79 Å². The number of nitrogens with one attached hydrogen (secondary N) is 1. The fraction of sp³-hybridized carbons (Fsp3) is 0.533. The minimum Gasteiger partial charge on any atom is -0.372 e. The highest BCUT2D eigenvalue weighted by atomic mass is 16.1. The van der Waals surface area contributed by atoms with Gasteiger partial charge in [0.1, 0.15) is 0 Å². The molecule has 1 heterocycles. The Morgan fingerprint density at radius 3 is 2.39 bits per heavy atom. The molecule has 1 aliphatic rings. The summed E-state index contributed by atoms with van der Waals surface area (Å²) < 4.78 is 0. The Balaban J connectivity index is 1.93. The van der Waals surface area contributed by atoms with Crippen LogP contribution in [0.3, 0.4) is 0 Å². The number of amides is 1. The molecule has 1 N–H and O–H groups in total. The molecule has 2 rings (SSSR count). The first-order chi connectivity index (χ1) is 8.65. The molecule has 3 heteroatoms. The summed E-state index contributed by atoms with van der Waals surface area (Å²) in [4.78, 5) is 14.0. The molecule has 1 aliphatic heterocycles. The van der Waals surface area contributed by atoms with E-state index in [9.17, 15) is 4.79 Å². The van der Waals surface area contributed by atoms with E-state index in [4.69, 9.17) is 0 Å². The second kappa shape index (κ2) is 5.89. The van der Waals surface area contributed by atoms with Crippen molar-refractivity contribution in [1.82, 2.24) is 0 Å². The Morgan fingerprint density at radius 2 is 1.83 bits per heavy atom. The van der Waals surface area contributed by atoms with E-state index >= 15 is 0 Å². The summed E-state index contributed by atoms with van der Waals surface area (Å²) in [6, 6.07) is 8.17. The van der Waals surface area contributed by atoms with Crippen LogP contribution in [0.15, 0.2) is 24.3 Å². The summed E-state index contributed by atoms with van der Waals surface area (Å²) in [6.45, 7) is 6.41. The van der Waals surface area contributed by atoms with Gasteiger partial charge in [-0.15, -0.1) is 0 Å². The number of hydrogen-bond donors (Lipinski definition) is 1. The molecule has 0 bridgehead atoms.